The Balaban J connectivity index is 2.63. The van der Waals surface area contributed by atoms with Crippen molar-refractivity contribution in [2.45, 2.75) is 27.1 Å². The lowest BCUT2D eigenvalue weighted by Gasteiger charge is -2.01. The van der Waals surface area contributed by atoms with Crippen LogP contribution >= 0.6 is 0 Å². The van der Waals surface area contributed by atoms with Crippen LogP contribution in [0, 0.1) is 0 Å². The van der Waals surface area contributed by atoms with Gasteiger partial charge in [-0.25, -0.2) is 4.79 Å². The predicted molar refractivity (Wildman–Crippen MR) is 63.5 cm³/mol. The molecule has 16 heavy (non-hydrogen) atoms. The molecule has 0 radical (unpaired) electrons. The van der Waals surface area contributed by atoms with E-state index in [2.05, 4.69) is 0 Å². The fourth-order valence-electron chi connectivity index (χ4n) is 1.89. The van der Waals surface area contributed by atoms with Crippen molar-refractivity contribution in [3.63, 3.8) is 0 Å². The van der Waals surface area contributed by atoms with Crippen LogP contribution in [0.4, 0.5) is 0 Å². The molecule has 2 rings (SSSR count). The van der Waals surface area contributed by atoms with E-state index in [0.717, 1.165) is 11.0 Å². The minimum atomic E-state index is -0.00264. The highest BCUT2D eigenvalue weighted by Gasteiger charge is 2.10. The summed E-state index contributed by atoms with van der Waals surface area (Å²) in [5, 5.41) is 0. The second-order valence-corrected chi connectivity index (χ2v) is 3.57. The van der Waals surface area contributed by atoms with E-state index in [1.54, 1.807) is 9.13 Å². The number of para-hydroxylation sites is 2. The number of hydrogen-bond donors (Lipinski definition) is 0. The van der Waals surface area contributed by atoms with Crippen LogP contribution in [0.25, 0.3) is 11.0 Å². The molecule has 0 saturated heterocycles. The van der Waals surface area contributed by atoms with Crippen LogP contribution in [0.1, 0.15) is 13.8 Å². The number of ether oxygens (including phenoxy) is 1. The summed E-state index contributed by atoms with van der Waals surface area (Å²) in [6, 6.07) is 7.79. The van der Waals surface area contributed by atoms with E-state index in [4.69, 9.17) is 4.74 Å². The summed E-state index contributed by atoms with van der Waals surface area (Å²) in [7, 11) is 0. The highest BCUT2D eigenvalue weighted by atomic mass is 16.5. The molecule has 0 unspecified atom stereocenters. The summed E-state index contributed by atoms with van der Waals surface area (Å²) in [5.74, 6) is 0. The van der Waals surface area contributed by atoms with Crippen LogP contribution in [-0.2, 0) is 18.0 Å². The standard InChI is InChI=1S/C12H16N2O2/c1-3-13-10-7-5-6-8-11(10)14(12(13)15)9-16-4-2/h5-8H,3-4,9H2,1-2H3. The molecule has 4 heteroatoms. The Kier molecular flexibility index (Phi) is 3.10. The second-order valence-electron chi connectivity index (χ2n) is 3.57. The van der Waals surface area contributed by atoms with Gasteiger partial charge in [-0.1, -0.05) is 12.1 Å². The Morgan fingerprint density at radius 1 is 1.12 bits per heavy atom. The molecule has 1 heterocycles. The Morgan fingerprint density at radius 2 is 1.75 bits per heavy atom. The molecule has 0 aliphatic rings. The Hall–Kier alpha value is -1.55. The lowest BCUT2D eigenvalue weighted by atomic mass is 10.3. The number of imidazole rings is 1. The molecule has 0 atom stereocenters. The van der Waals surface area contributed by atoms with Crippen LogP contribution in [0.5, 0.6) is 0 Å². The maximum Gasteiger partial charge on any atom is 0.330 e. The second kappa shape index (κ2) is 4.53. The first-order valence-electron chi connectivity index (χ1n) is 5.55. The molecule has 0 amide bonds. The minimum Gasteiger partial charge on any atom is -0.361 e. The van der Waals surface area contributed by atoms with E-state index in [9.17, 15) is 4.79 Å². The molecule has 0 bridgehead atoms. The van der Waals surface area contributed by atoms with Gasteiger partial charge in [0.25, 0.3) is 0 Å². The highest BCUT2D eigenvalue weighted by Crippen LogP contribution is 2.12. The van der Waals surface area contributed by atoms with Crippen molar-refractivity contribution in [1.29, 1.82) is 0 Å². The van der Waals surface area contributed by atoms with Gasteiger partial charge < -0.3 is 4.74 Å². The van der Waals surface area contributed by atoms with Crippen LogP contribution in [0.2, 0.25) is 0 Å². The van der Waals surface area contributed by atoms with Gasteiger partial charge in [-0.2, -0.15) is 0 Å². The van der Waals surface area contributed by atoms with Crippen molar-refractivity contribution in [1.82, 2.24) is 9.13 Å². The molecule has 0 aliphatic heterocycles. The van der Waals surface area contributed by atoms with Gasteiger partial charge in [0.15, 0.2) is 0 Å². The van der Waals surface area contributed by atoms with Crippen molar-refractivity contribution < 1.29 is 4.74 Å². The van der Waals surface area contributed by atoms with Crippen molar-refractivity contribution in [3.05, 3.63) is 34.7 Å². The maximum atomic E-state index is 12.1. The van der Waals surface area contributed by atoms with Gasteiger partial charge in [0, 0.05) is 13.2 Å². The van der Waals surface area contributed by atoms with Crippen LogP contribution < -0.4 is 5.69 Å². The molecular weight excluding hydrogens is 204 g/mol. The summed E-state index contributed by atoms with van der Waals surface area (Å²) in [6.07, 6.45) is 0. The molecule has 4 nitrogen and oxygen atoms in total. The molecule has 0 saturated carbocycles. The normalized spacial score (nSPS) is 11.1. The Bertz CT molecular complexity index is 539. The van der Waals surface area contributed by atoms with Crippen LogP contribution in [-0.4, -0.2) is 15.7 Å². The average molecular weight is 220 g/mol. The van der Waals surface area contributed by atoms with E-state index in [1.165, 1.54) is 0 Å². The summed E-state index contributed by atoms with van der Waals surface area (Å²) in [4.78, 5) is 12.1. The average Bonchev–Trinajstić information content (AvgIpc) is 2.58. The summed E-state index contributed by atoms with van der Waals surface area (Å²) < 4.78 is 8.74. The predicted octanol–water partition coefficient (Wildman–Crippen LogP) is 1.82. The summed E-state index contributed by atoms with van der Waals surface area (Å²) in [5.41, 5.74) is 1.90. The zero-order valence-corrected chi connectivity index (χ0v) is 9.64. The first-order valence-corrected chi connectivity index (χ1v) is 5.55. The summed E-state index contributed by atoms with van der Waals surface area (Å²) in [6.45, 7) is 5.50. The number of rotatable bonds is 4. The first kappa shape index (κ1) is 11.0. The Morgan fingerprint density at radius 3 is 2.31 bits per heavy atom. The van der Waals surface area contributed by atoms with Gasteiger partial charge in [0.1, 0.15) is 6.73 Å². The monoisotopic (exact) mass is 220 g/mol. The molecular formula is C12H16N2O2. The van der Waals surface area contributed by atoms with Gasteiger partial charge in [-0.3, -0.25) is 9.13 Å². The molecule has 0 fully saturated rings. The third-order valence-corrected chi connectivity index (χ3v) is 2.67. The SMILES string of the molecule is CCOCn1c(=O)n(CC)c2ccccc21. The van der Waals surface area contributed by atoms with E-state index in [1.807, 2.05) is 38.1 Å². The number of fused-ring (bicyclic) bond motifs is 1. The minimum absolute atomic E-state index is 0.00264. The third-order valence-electron chi connectivity index (χ3n) is 2.67. The molecule has 1 aromatic carbocycles. The molecule has 0 N–H and O–H groups in total. The lowest BCUT2D eigenvalue weighted by molar-refractivity contribution is 0.0878. The fourth-order valence-corrected chi connectivity index (χ4v) is 1.89. The van der Waals surface area contributed by atoms with Crippen LogP contribution in [0.15, 0.2) is 29.1 Å². The molecule has 1 aromatic heterocycles. The molecule has 0 spiro atoms. The van der Waals surface area contributed by atoms with E-state index >= 15 is 0 Å². The molecule has 0 aliphatic carbocycles. The number of hydrogen-bond acceptors (Lipinski definition) is 2. The molecule has 86 valence electrons. The fraction of sp³-hybridized carbons (Fsp3) is 0.417. The summed E-state index contributed by atoms with van der Waals surface area (Å²) >= 11 is 0. The zero-order chi connectivity index (χ0) is 11.5. The lowest BCUT2D eigenvalue weighted by Crippen LogP contribution is -2.24. The third kappa shape index (κ3) is 1.65. The Labute approximate surface area is 94.1 Å². The van der Waals surface area contributed by atoms with Crippen molar-refractivity contribution in [2.75, 3.05) is 6.61 Å². The smallest absolute Gasteiger partial charge is 0.330 e. The quantitative estimate of drug-likeness (QED) is 0.788. The molecule has 2 aromatic rings. The van der Waals surface area contributed by atoms with Gasteiger partial charge >= 0.3 is 5.69 Å². The number of aromatic nitrogens is 2. The number of aryl methyl sites for hydroxylation is 1. The van der Waals surface area contributed by atoms with Gasteiger partial charge in [0.2, 0.25) is 0 Å². The van der Waals surface area contributed by atoms with E-state index < -0.39 is 0 Å². The van der Waals surface area contributed by atoms with Gasteiger partial charge in [0.05, 0.1) is 11.0 Å². The van der Waals surface area contributed by atoms with Crippen molar-refractivity contribution in [2.24, 2.45) is 0 Å². The van der Waals surface area contributed by atoms with Crippen molar-refractivity contribution in [3.8, 4) is 0 Å². The van der Waals surface area contributed by atoms with Gasteiger partial charge in [-0.05, 0) is 26.0 Å². The largest absolute Gasteiger partial charge is 0.361 e. The maximum absolute atomic E-state index is 12.1. The highest BCUT2D eigenvalue weighted by molar-refractivity contribution is 5.75. The van der Waals surface area contributed by atoms with Gasteiger partial charge in [-0.15, -0.1) is 0 Å². The number of nitrogens with zero attached hydrogens (tertiary/aromatic N) is 2. The number of benzene rings is 1. The zero-order valence-electron chi connectivity index (χ0n) is 9.64. The van der Waals surface area contributed by atoms with Crippen molar-refractivity contribution >= 4 is 11.0 Å². The van der Waals surface area contributed by atoms with E-state index in [-0.39, 0.29) is 5.69 Å². The topological polar surface area (TPSA) is 36.2 Å². The van der Waals surface area contributed by atoms with E-state index in [0.29, 0.717) is 19.9 Å². The van der Waals surface area contributed by atoms with Crippen LogP contribution in [0.3, 0.4) is 0 Å². The first-order chi connectivity index (χ1) is 7.79.